The van der Waals surface area contributed by atoms with E-state index in [4.69, 9.17) is 14.5 Å². The van der Waals surface area contributed by atoms with E-state index >= 15 is 0 Å². The van der Waals surface area contributed by atoms with Crippen LogP contribution in [0.5, 0.6) is 5.75 Å². The Labute approximate surface area is 240 Å². The van der Waals surface area contributed by atoms with Gasteiger partial charge in [0.1, 0.15) is 11.6 Å². The molecule has 0 N–H and O–H groups in total. The summed E-state index contributed by atoms with van der Waals surface area (Å²) in [7, 11) is 0. The fraction of sp³-hybridized carbons (Fsp3) is 0.514. The van der Waals surface area contributed by atoms with Crippen molar-refractivity contribution in [3.05, 3.63) is 76.9 Å². The molecular weight excluding hydrogens is 499 g/mol. The van der Waals surface area contributed by atoms with Crippen LogP contribution in [-0.4, -0.2) is 37.4 Å². The van der Waals surface area contributed by atoms with Gasteiger partial charge in [0, 0.05) is 37.4 Å². The summed E-state index contributed by atoms with van der Waals surface area (Å²) in [5.74, 6) is 0.631. The lowest BCUT2D eigenvalue weighted by molar-refractivity contribution is 0.0771. The lowest BCUT2D eigenvalue weighted by Gasteiger charge is -2.40. The van der Waals surface area contributed by atoms with Crippen molar-refractivity contribution in [2.45, 2.75) is 86.2 Å². The Hall–Kier alpha value is -2.92. The van der Waals surface area contributed by atoms with Crippen molar-refractivity contribution in [1.29, 1.82) is 0 Å². The van der Waals surface area contributed by atoms with Crippen LogP contribution >= 0.6 is 0 Å². The molecule has 5 heteroatoms. The quantitative estimate of drug-likeness (QED) is 0.214. The lowest BCUT2D eigenvalue weighted by atomic mass is 9.82. The molecule has 216 valence electrons. The van der Waals surface area contributed by atoms with Crippen molar-refractivity contribution in [1.82, 2.24) is 4.98 Å². The number of hydrogen-bond donors (Lipinski definition) is 0. The van der Waals surface area contributed by atoms with Crippen LogP contribution in [0.15, 0.2) is 48.5 Å². The van der Waals surface area contributed by atoms with E-state index in [1.807, 2.05) is 12.1 Å². The number of aromatic nitrogens is 1. The molecule has 1 aliphatic rings. The van der Waals surface area contributed by atoms with E-state index in [-0.39, 0.29) is 11.9 Å². The third-order valence-corrected chi connectivity index (χ3v) is 8.06. The van der Waals surface area contributed by atoms with Gasteiger partial charge in [-0.25, -0.2) is 4.39 Å². The summed E-state index contributed by atoms with van der Waals surface area (Å²) in [6.07, 6.45) is 6.14. The predicted molar refractivity (Wildman–Crippen MR) is 164 cm³/mol. The predicted octanol–water partition coefficient (Wildman–Crippen LogP) is 8.36. The Morgan fingerprint density at radius 1 is 0.950 bits per heavy atom. The second-order valence-corrected chi connectivity index (χ2v) is 12.1. The highest BCUT2D eigenvalue weighted by Gasteiger charge is 2.29. The monoisotopic (exact) mass is 546 g/mol. The molecule has 0 radical (unpaired) electrons. The Balaban J connectivity index is 1.62. The Morgan fingerprint density at radius 3 is 2.25 bits per heavy atom. The van der Waals surface area contributed by atoms with Crippen LogP contribution in [0.2, 0.25) is 0 Å². The maximum atomic E-state index is 13.2. The molecule has 4 rings (SSSR count). The number of rotatable bonds is 12. The van der Waals surface area contributed by atoms with E-state index in [9.17, 15) is 4.39 Å². The van der Waals surface area contributed by atoms with E-state index in [0.717, 1.165) is 68.1 Å². The molecule has 40 heavy (non-hydrogen) atoms. The van der Waals surface area contributed by atoms with E-state index in [0.29, 0.717) is 12.0 Å². The second-order valence-electron chi connectivity index (χ2n) is 12.1. The number of hydrogen-bond acceptors (Lipinski definition) is 4. The maximum absolute atomic E-state index is 13.2. The minimum atomic E-state index is -0.212. The van der Waals surface area contributed by atoms with Crippen molar-refractivity contribution < 1.29 is 13.9 Å². The molecule has 0 spiro atoms. The van der Waals surface area contributed by atoms with Crippen LogP contribution in [0.25, 0.3) is 11.1 Å². The second kappa shape index (κ2) is 13.6. The number of pyridine rings is 1. The zero-order valence-corrected chi connectivity index (χ0v) is 25.4. The van der Waals surface area contributed by atoms with Crippen molar-refractivity contribution in [3.8, 4) is 16.9 Å². The molecule has 0 unspecified atom stereocenters. The highest BCUT2D eigenvalue weighted by Crippen LogP contribution is 2.42. The molecule has 1 saturated heterocycles. The van der Waals surface area contributed by atoms with Gasteiger partial charge < -0.3 is 14.4 Å². The minimum Gasteiger partial charge on any atom is -0.493 e. The summed E-state index contributed by atoms with van der Waals surface area (Å²) in [5.41, 5.74) is 8.94. The summed E-state index contributed by atoms with van der Waals surface area (Å²) in [6, 6.07) is 15.1. The van der Waals surface area contributed by atoms with Gasteiger partial charge in [-0.1, -0.05) is 45.0 Å². The molecule has 2 heterocycles. The summed E-state index contributed by atoms with van der Waals surface area (Å²) >= 11 is 0. The summed E-state index contributed by atoms with van der Waals surface area (Å²) in [6.45, 7) is 16.8. The lowest BCUT2D eigenvalue weighted by Crippen LogP contribution is -2.38. The molecule has 2 aromatic carbocycles. The average molecular weight is 547 g/mol. The van der Waals surface area contributed by atoms with Gasteiger partial charge in [-0.3, -0.25) is 4.98 Å². The fourth-order valence-corrected chi connectivity index (χ4v) is 5.59. The molecular formula is C35H47FN2O2. The molecule has 4 nitrogen and oxygen atoms in total. The van der Waals surface area contributed by atoms with Gasteiger partial charge in [0.25, 0.3) is 0 Å². The maximum Gasteiger partial charge on any atom is 0.123 e. The first-order valence-corrected chi connectivity index (χ1v) is 15.0. The van der Waals surface area contributed by atoms with E-state index in [2.05, 4.69) is 70.7 Å². The third kappa shape index (κ3) is 7.84. The zero-order valence-electron chi connectivity index (χ0n) is 25.4. The number of anilines is 1. The molecule has 0 saturated carbocycles. The third-order valence-electron chi connectivity index (χ3n) is 8.06. The van der Waals surface area contributed by atoms with E-state index in [1.165, 1.54) is 47.4 Å². The van der Waals surface area contributed by atoms with Gasteiger partial charge in [-0.2, -0.15) is 0 Å². The van der Waals surface area contributed by atoms with Crippen LogP contribution in [0.3, 0.4) is 0 Å². The van der Waals surface area contributed by atoms with Crippen LogP contribution in [0, 0.1) is 18.2 Å². The molecule has 1 fully saturated rings. The molecule has 0 atom stereocenters. The van der Waals surface area contributed by atoms with Crippen LogP contribution in [0.1, 0.15) is 76.4 Å². The first-order valence-electron chi connectivity index (χ1n) is 15.0. The van der Waals surface area contributed by atoms with Gasteiger partial charge in [0.2, 0.25) is 0 Å². The Bertz CT molecular complexity index is 1230. The van der Waals surface area contributed by atoms with Crippen LogP contribution < -0.4 is 9.64 Å². The first kappa shape index (κ1) is 30.0. The van der Waals surface area contributed by atoms with Gasteiger partial charge in [-0.15, -0.1) is 0 Å². The first-order chi connectivity index (χ1) is 19.2. The number of nitrogens with zero attached hydrogens (tertiary/aromatic N) is 2. The van der Waals surface area contributed by atoms with Crippen molar-refractivity contribution in [2.24, 2.45) is 5.41 Å². The minimum absolute atomic E-state index is 0.212. The average Bonchev–Trinajstić information content (AvgIpc) is 2.92. The Kier molecular flexibility index (Phi) is 10.2. The van der Waals surface area contributed by atoms with Crippen LogP contribution in [0.4, 0.5) is 10.1 Å². The summed E-state index contributed by atoms with van der Waals surface area (Å²) < 4.78 is 25.1. The van der Waals surface area contributed by atoms with Gasteiger partial charge in [0.05, 0.1) is 24.1 Å². The molecule has 0 bridgehead atoms. The van der Waals surface area contributed by atoms with Gasteiger partial charge in [0.15, 0.2) is 0 Å². The van der Waals surface area contributed by atoms with E-state index < -0.39 is 0 Å². The Morgan fingerprint density at radius 2 is 1.62 bits per heavy atom. The van der Waals surface area contributed by atoms with Crippen LogP contribution in [-0.2, 0) is 24.0 Å². The highest BCUT2D eigenvalue weighted by atomic mass is 19.1. The fourth-order valence-electron chi connectivity index (χ4n) is 5.59. The largest absolute Gasteiger partial charge is 0.493 e. The highest BCUT2D eigenvalue weighted by molar-refractivity contribution is 5.84. The number of piperidine rings is 1. The summed E-state index contributed by atoms with van der Waals surface area (Å²) in [5, 5.41) is 0. The number of halogens is 1. The SMILES string of the molecule is CCc1c(C)nc(CCCOC(C)C)c(-c2ccc(OCCc3ccc(F)cc3)cc2)c1N1CCC(C)(C)CC1. The normalized spacial score (nSPS) is 15.1. The molecule has 0 aliphatic carbocycles. The van der Waals surface area contributed by atoms with Gasteiger partial charge >= 0.3 is 0 Å². The molecule has 1 aromatic heterocycles. The molecule has 3 aromatic rings. The summed E-state index contributed by atoms with van der Waals surface area (Å²) in [4.78, 5) is 7.81. The smallest absolute Gasteiger partial charge is 0.123 e. The van der Waals surface area contributed by atoms with Crippen molar-refractivity contribution in [3.63, 3.8) is 0 Å². The number of ether oxygens (including phenoxy) is 2. The molecule has 1 aliphatic heterocycles. The van der Waals surface area contributed by atoms with Gasteiger partial charge in [-0.05, 0) is 99.2 Å². The zero-order chi connectivity index (χ0) is 28.7. The van der Waals surface area contributed by atoms with Crippen molar-refractivity contribution in [2.75, 3.05) is 31.2 Å². The number of aryl methyl sites for hydroxylation is 2. The standard InChI is InChI=1S/C35H47FN2O2/c1-7-31-26(4)37-32(9-8-23-39-25(2)3)33(34(31)38-21-19-35(5,6)20-22-38)28-12-16-30(17-13-28)40-24-18-27-10-14-29(36)15-11-27/h10-17,25H,7-9,18-24H2,1-6H3. The van der Waals surface area contributed by atoms with Crippen molar-refractivity contribution >= 4 is 5.69 Å². The topological polar surface area (TPSA) is 34.6 Å². The van der Waals surface area contributed by atoms with E-state index in [1.54, 1.807) is 0 Å². The molecule has 0 amide bonds. The number of benzene rings is 2.